The third-order valence-electron chi connectivity index (χ3n) is 4.03. The van der Waals surface area contributed by atoms with Gasteiger partial charge < -0.3 is 10.2 Å². The largest absolute Gasteiger partial charge is 0.416 e. The minimum atomic E-state index is -4.47. The molecule has 1 aromatic rings. The smallest absolute Gasteiger partial charge is 0.347 e. The van der Waals surface area contributed by atoms with Crippen LogP contribution in [0.1, 0.15) is 37.4 Å². The third-order valence-corrected chi connectivity index (χ3v) is 4.03. The summed E-state index contributed by atoms with van der Waals surface area (Å²) in [5, 5.41) is 4.79. The molecule has 6 nitrogen and oxygen atoms in total. The number of alkyl halides is 3. The molecule has 2 N–H and O–H groups in total. The molecule has 1 unspecified atom stereocenters. The Morgan fingerprint density at radius 1 is 1.31 bits per heavy atom. The first kappa shape index (κ1) is 19.7. The number of hydrogen-bond donors (Lipinski definition) is 2. The van der Waals surface area contributed by atoms with Crippen LogP contribution in [-0.4, -0.2) is 35.8 Å². The Kier molecular flexibility index (Phi) is 5.89. The number of imide groups is 1. The zero-order chi connectivity index (χ0) is 19.5. The number of hydrogen-bond acceptors (Lipinski definition) is 3. The highest BCUT2D eigenvalue weighted by molar-refractivity contribution is 5.98. The van der Waals surface area contributed by atoms with Crippen LogP contribution >= 0.6 is 0 Å². The van der Waals surface area contributed by atoms with Gasteiger partial charge in [-0.3, -0.25) is 14.9 Å². The van der Waals surface area contributed by atoms with E-state index >= 15 is 0 Å². The van der Waals surface area contributed by atoms with E-state index in [0.29, 0.717) is 5.56 Å². The van der Waals surface area contributed by atoms with Crippen LogP contribution in [0.2, 0.25) is 0 Å². The summed E-state index contributed by atoms with van der Waals surface area (Å²) in [7, 11) is 0. The highest BCUT2D eigenvalue weighted by atomic mass is 19.4. The number of benzene rings is 1. The maximum atomic E-state index is 12.9. The van der Waals surface area contributed by atoms with Gasteiger partial charge in [0.05, 0.1) is 11.6 Å². The maximum absolute atomic E-state index is 12.9. The van der Waals surface area contributed by atoms with Crippen LogP contribution in [-0.2, 0) is 15.8 Å². The normalized spacial score (nSPS) is 16.5. The Morgan fingerprint density at radius 3 is 2.58 bits per heavy atom. The van der Waals surface area contributed by atoms with E-state index in [1.807, 2.05) is 0 Å². The average Bonchev–Trinajstić information content (AvgIpc) is 2.54. The number of nitrogens with one attached hydrogen (secondary N) is 2. The molecule has 1 heterocycles. The molecular formula is C17H20F3N3O3. The number of carbonyl (C=O) groups is 3. The number of rotatable bonds is 5. The van der Waals surface area contributed by atoms with Crippen molar-refractivity contribution >= 4 is 17.8 Å². The van der Waals surface area contributed by atoms with Crippen molar-refractivity contribution in [1.29, 1.82) is 0 Å². The van der Waals surface area contributed by atoms with E-state index in [4.69, 9.17) is 0 Å². The molecule has 1 atom stereocenters. The van der Waals surface area contributed by atoms with Crippen molar-refractivity contribution in [3.8, 4) is 0 Å². The molecule has 2 rings (SSSR count). The summed E-state index contributed by atoms with van der Waals surface area (Å²) in [6.45, 7) is 3.39. The van der Waals surface area contributed by atoms with Crippen molar-refractivity contribution in [3.05, 3.63) is 35.4 Å². The molecule has 142 valence electrons. The van der Waals surface area contributed by atoms with Crippen LogP contribution in [0.4, 0.5) is 18.0 Å². The van der Waals surface area contributed by atoms with Crippen LogP contribution < -0.4 is 10.6 Å². The Morgan fingerprint density at radius 2 is 2.00 bits per heavy atom. The summed E-state index contributed by atoms with van der Waals surface area (Å²) in [6, 6.07) is 3.50. The number of urea groups is 1. The molecule has 1 fully saturated rings. The minimum absolute atomic E-state index is 0.0975. The average molecular weight is 371 g/mol. The van der Waals surface area contributed by atoms with Crippen molar-refractivity contribution in [2.45, 2.75) is 32.5 Å². The first-order valence-corrected chi connectivity index (χ1v) is 8.13. The van der Waals surface area contributed by atoms with Crippen molar-refractivity contribution in [1.82, 2.24) is 15.5 Å². The molecule has 0 bridgehead atoms. The second-order valence-electron chi connectivity index (χ2n) is 6.44. The zero-order valence-electron chi connectivity index (χ0n) is 14.4. The highest BCUT2D eigenvalue weighted by Gasteiger charge is 2.32. The van der Waals surface area contributed by atoms with E-state index in [1.54, 1.807) is 13.8 Å². The molecule has 4 amide bonds. The van der Waals surface area contributed by atoms with Gasteiger partial charge in [0.15, 0.2) is 0 Å². The molecule has 1 saturated heterocycles. The van der Waals surface area contributed by atoms with Gasteiger partial charge >= 0.3 is 12.2 Å². The lowest BCUT2D eigenvalue weighted by Gasteiger charge is -2.28. The molecule has 0 aromatic heterocycles. The molecule has 1 aliphatic heterocycles. The SMILES string of the molecule is CC(C)C(NC(=O)CN1CCC(=O)NC1=O)c1cccc(C(F)(F)F)c1. The predicted molar refractivity (Wildman–Crippen MR) is 86.9 cm³/mol. The lowest BCUT2D eigenvalue weighted by Crippen LogP contribution is -2.52. The molecule has 0 saturated carbocycles. The van der Waals surface area contributed by atoms with Gasteiger partial charge in [-0.05, 0) is 23.6 Å². The monoisotopic (exact) mass is 371 g/mol. The second kappa shape index (κ2) is 7.76. The lowest BCUT2D eigenvalue weighted by molar-refractivity contribution is -0.137. The number of amides is 4. The summed E-state index contributed by atoms with van der Waals surface area (Å²) in [6.07, 6.45) is -4.37. The van der Waals surface area contributed by atoms with Gasteiger partial charge in [-0.25, -0.2) is 4.79 Å². The van der Waals surface area contributed by atoms with E-state index in [-0.39, 0.29) is 25.4 Å². The van der Waals surface area contributed by atoms with Gasteiger partial charge in [0.25, 0.3) is 0 Å². The van der Waals surface area contributed by atoms with Crippen LogP contribution in [0.15, 0.2) is 24.3 Å². The van der Waals surface area contributed by atoms with Crippen molar-refractivity contribution in [2.75, 3.05) is 13.1 Å². The van der Waals surface area contributed by atoms with Crippen molar-refractivity contribution in [2.24, 2.45) is 5.92 Å². The molecule has 9 heteroatoms. The fourth-order valence-electron chi connectivity index (χ4n) is 2.69. The summed E-state index contributed by atoms with van der Waals surface area (Å²) in [5.41, 5.74) is -0.453. The van der Waals surface area contributed by atoms with Gasteiger partial charge in [0.1, 0.15) is 6.54 Å². The van der Waals surface area contributed by atoms with E-state index < -0.39 is 35.6 Å². The third kappa shape index (κ3) is 4.96. The highest BCUT2D eigenvalue weighted by Crippen LogP contribution is 2.32. The van der Waals surface area contributed by atoms with E-state index in [2.05, 4.69) is 10.6 Å². The quantitative estimate of drug-likeness (QED) is 0.835. The molecule has 1 aliphatic rings. The summed E-state index contributed by atoms with van der Waals surface area (Å²) in [4.78, 5) is 36.2. The van der Waals surface area contributed by atoms with Gasteiger partial charge in [-0.2, -0.15) is 13.2 Å². The second-order valence-corrected chi connectivity index (χ2v) is 6.44. The molecule has 0 radical (unpaired) electrons. The fourth-order valence-corrected chi connectivity index (χ4v) is 2.69. The van der Waals surface area contributed by atoms with E-state index in [0.717, 1.165) is 12.1 Å². The van der Waals surface area contributed by atoms with Gasteiger partial charge in [-0.15, -0.1) is 0 Å². The predicted octanol–water partition coefficient (Wildman–Crippen LogP) is 2.46. The number of halogens is 3. The zero-order valence-corrected chi connectivity index (χ0v) is 14.4. The topological polar surface area (TPSA) is 78.5 Å². The van der Waals surface area contributed by atoms with Crippen LogP contribution in [0, 0.1) is 5.92 Å². The molecule has 1 aromatic carbocycles. The number of carbonyl (C=O) groups excluding carboxylic acids is 3. The lowest BCUT2D eigenvalue weighted by atomic mass is 9.94. The van der Waals surface area contributed by atoms with Crippen molar-refractivity contribution in [3.63, 3.8) is 0 Å². The van der Waals surface area contributed by atoms with Crippen LogP contribution in [0.5, 0.6) is 0 Å². The summed E-state index contributed by atoms with van der Waals surface area (Å²) in [5.74, 6) is -1.08. The standard InChI is InChI=1S/C17H20F3N3O3/c1-10(2)15(11-4-3-5-12(8-11)17(18,19)20)21-14(25)9-23-7-6-13(24)22-16(23)26/h3-5,8,10,15H,6-7,9H2,1-2H3,(H,21,25)(H,22,24,26). The molecule has 0 spiro atoms. The molecular weight excluding hydrogens is 351 g/mol. The van der Waals surface area contributed by atoms with Crippen LogP contribution in [0.3, 0.4) is 0 Å². The summed E-state index contributed by atoms with van der Waals surface area (Å²) < 4.78 is 38.7. The fraction of sp³-hybridized carbons (Fsp3) is 0.471. The summed E-state index contributed by atoms with van der Waals surface area (Å²) >= 11 is 0. The van der Waals surface area contributed by atoms with Crippen LogP contribution in [0.25, 0.3) is 0 Å². The first-order valence-electron chi connectivity index (χ1n) is 8.13. The van der Waals surface area contributed by atoms with E-state index in [1.165, 1.54) is 17.0 Å². The number of nitrogens with zero attached hydrogens (tertiary/aromatic N) is 1. The van der Waals surface area contributed by atoms with Crippen molar-refractivity contribution < 1.29 is 27.6 Å². The van der Waals surface area contributed by atoms with Gasteiger partial charge in [0.2, 0.25) is 11.8 Å². The Hall–Kier alpha value is -2.58. The Bertz CT molecular complexity index is 704. The molecule has 0 aliphatic carbocycles. The maximum Gasteiger partial charge on any atom is 0.416 e. The first-order chi connectivity index (χ1) is 12.1. The van der Waals surface area contributed by atoms with E-state index in [9.17, 15) is 27.6 Å². The van der Waals surface area contributed by atoms with Gasteiger partial charge in [0, 0.05) is 13.0 Å². The minimum Gasteiger partial charge on any atom is -0.347 e. The Balaban J connectivity index is 2.10. The van der Waals surface area contributed by atoms with Gasteiger partial charge in [-0.1, -0.05) is 26.0 Å². The molecule has 26 heavy (non-hydrogen) atoms. The Labute approximate surface area is 148 Å².